The van der Waals surface area contributed by atoms with Crippen molar-refractivity contribution in [1.29, 1.82) is 0 Å². The third kappa shape index (κ3) is 5.43. The van der Waals surface area contributed by atoms with Crippen molar-refractivity contribution in [3.05, 3.63) is 29.8 Å². The molecule has 0 bridgehead atoms. The van der Waals surface area contributed by atoms with E-state index in [0.717, 1.165) is 6.42 Å². The highest BCUT2D eigenvalue weighted by molar-refractivity contribution is 5.95. The van der Waals surface area contributed by atoms with Crippen molar-refractivity contribution >= 4 is 17.9 Å². The number of amides is 3. The van der Waals surface area contributed by atoms with Crippen LogP contribution in [0.25, 0.3) is 0 Å². The van der Waals surface area contributed by atoms with Gasteiger partial charge in [-0.05, 0) is 25.5 Å². The predicted molar refractivity (Wildman–Crippen MR) is 79.7 cm³/mol. The largest absolute Gasteiger partial charge is 0.483 e. The maximum Gasteiger partial charge on any atom is 0.341 e. The maximum atomic E-state index is 11.6. The minimum absolute atomic E-state index is 0.0335. The number of urea groups is 1. The van der Waals surface area contributed by atoms with Gasteiger partial charge < -0.3 is 14.8 Å². The van der Waals surface area contributed by atoms with Crippen LogP contribution in [0.15, 0.2) is 24.3 Å². The average molecular weight is 308 g/mol. The van der Waals surface area contributed by atoms with Crippen molar-refractivity contribution in [2.45, 2.75) is 26.3 Å². The van der Waals surface area contributed by atoms with Gasteiger partial charge in [-0.3, -0.25) is 10.1 Å². The van der Waals surface area contributed by atoms with E-state index in [0.29, 0.717) is 0 Å². The van der Waals surface area contributed by atoms with E-state index in [1.807, 2.05) is 13.8 Å². The number of hydrogen-bond donors (Lipinski definition) is 2. The minimum atomic E-state index is -0.611. The van der Waals surface area contributed by atoms with Gasteiger partial charge >= 0.3 is 12.0 Å². The molecule has 7 nitrogen and oxygen atoms in total. The third-order valence-corrected chi connectivity index (χ3v) is 2.89. The monoisotopic (exact) mass is 308 g/mol. The molecule has 0 heterocycles. The van der Waals surface area contributed by atoms with Crippen molar-refractivity contribution in [3.63, 3.8) is 0 Å². The molecule has 22 heavy (non-hydrogen) atoms. The Labute approximate surface area is 129 Å². The first-order valence-corrected chi connectivity index (χ1v) is 6.88. The lowest BCUT2D eigenvalue weighted by Gasteiger charge is -2.12. The van der Waals surface area contributed by atoms with Gasteiger partial charge in [0.05, 0.1) is 7.11 Å². The number of ether oxygens (including phenoxy) is 2. The van der Waals surface area contributed by atoms with Gasteiger partial charge in [0.15, 0.2) is 6.61 Å². The molecule has 3 amide bonds. The second kappa shape index (κ2) is 8.66. The predicted octanol–water partition coefficient (Wildman–Crippen LogP) is 1.48. The van der Waals surface area contributed by atoms with Crippen LogP contribution in [0.4, 0.5) is 4.79 Å². The van der Waals surface area contributed by atoms with E-state index >= 15 is 0 Å². The fourth-order valence-electron chi connectivity index (χ4n) is 1.54. The standard InChI is InChI=1S/C15H20N2O5/c1-4-10(2)16-15(20)17-13(18)9-22-12-8-6-5-7-11(12)14(19)21-3/h5-8,10H,4,9H2,1-3H3,(H2,16,17,18,20)/t10-/m1/s1. The smallest absolute Gasteiger partial charge is 0.341 e. The Morgan fingerprint density at radius 3 is 2.55 bits per heavy atom. The van der Waals surface area contributed by atoms with E-state index in [2.05, 4.69) is 15.4 Å². The van der Waals surface area contributed by atoms with Gasteiger partial charge in [0.25, 0.3) is 5.91 Å². The molecule has 0 radical (unpaired) electrons. The summed E-state index contributed by atoms with van der Waals surface area (Å²) in [5.74, 6) is -0.960. The molecular formula is C15H20N2O5. The normalized spacial score (nSPS) is 11.2. The molecule has 7 heteroatoms. The number of esters is 1. The van der Waals surface area contributed by atoms with Crippen molar-refractivity contribution < 1.29 is 23.9 Å². The van der Waals surface area contributed by atoms with E-state index in [9.17, 15) is 14.4 Å². The lowest BCUT2D eigenvalue weighted by molar-refractivity contribution is -0.122. The quantitative estimate of drug-likeness (QED) is 0.776. The molecule has 0 aromatic heterocycles. The van der Waals surface area contributed by atoms with E-state index in [4.69, 9.17) is 4.74 Å². The van der Waals surface area contributed by atoms with Crippen LogP contribution in [0, 0.1) is 0 Å². The Hall–Kier alpha value is -2.57. The molecule has 1 rings (SSSR count). The zero-order valence-electron chi connectivity index (χ0n) is 12.8. The second-order valence-electron chi connectivity index (χ2n) is 4.61. The number of imide groups is 1. The first-order valence-electron chi connectivity index (χ1n) is 6.88. The van der Waals surface area contributed by atoms with Crippen LogP contribution in [-0.4, -0.2) is 37.7 Å². The molecule has 120 valence electrons. The Morgan fingerprint density at radius 1 is 1.23 bits per heavy atom. The highest BCUT2D eigenvalue weighted by Crippen LogP contribution is 2.18. The highest BCUT2D eigenvalue weighted by Gasteiger charge is 2.14. The number of nitrogens with one attached hydrogen (secondary N) is 2. The number of rotatable bonds is 6. The molecule has 0 unspecified atom stereocenters. The molecule has 0 aliphatic carbocycles. The molecule has 0 aliphatic heterocycles. The third-order valence-electron chi connectivity index (χ3n) is 2.89. The number of benzene rings is 1. The van der Waals surface area contributed by atoms with Crippen LogP contribution < -0.4 is 15.4 Å². The van der Waals surface area contributed by atoms with Gasteiger partial charge in [-0.1, -0.05) is 19.1 Å². The van der Waals surface area contributed by atoms with Crippen molar-refractivity contribution in [2.24, 2.45) is 0 Å². The summed E-state index contributed by atoms with van der Waals surface area (Å²) in [5, 5.41) is 4.74. The van der Waals surface area contributed by atoms with Gasteiger partial charge in [0.1, 0.15) is 11.3 Å². The number of methoxy groups -OCH3 is 1. The maximum absolute atomic E-state index is 11.6. The summed E-state index contributed by atoms with van der Waals surface area (Å²) in [4.78, 5) is 34.7. The number of hydrogen-bond acceptors (Lipinski definition) is 5. The Balaban J connectivity index is 2.54. The van der Waals surface area contributed by atoms with Gasteiger partial charge in [-0.2, -0.15) is 0 Å². The van der Waals surface area contributed by atoms with Crippen LogP contribution in [-0.2, 0) is 9.53 Å². The Morgan fingerprint density at radius 2 is 1.91 bits per heavy atom. The number of para-hydroxylation sites is 1. The van der Waals surface area contributed by atoms with E-state index in [1.54, 1.807) is 18.2 Å². The van der Waals surface area contributed by atoms with Crippen molar-refractivity contribution in [1.82, 2.24) is 10.6 Å². The number of carbonyl (C=O) groups is 3. The topological polar surface area (TPSA) is 93.7 Å². The summed E-state index contributed by atoms with van der Waals surface area (Å²) in [6, 6.07) is 5.76. The fourth-order valence-corrected chi connectivity index (χ4v) is 1.54. The van der Waals surface area contributed by atoms with Crippen LogP contribution >= 0.6 is 0 Å². The summed E-state index contributed by atoms with van der Waals surface area (Å²) in [6.45, 7) is 3.36. The average Bonchev–Trinajstić information content (AvgIpc) is 2.52. The summed E-state index contributed by atoms with van der Waals surface area (Å²) < 4.78 is 9.88. The first kappa shape index (κ1) is 17.5. The molecule has 0 spiro atoms. The summed E-state index contributed by atoms with van der Waals surface area (Å²) in [6.07, 6.45) is 0.755. The Kier molecular flexibility index (Phi) is 6.88. The number of carbonyl (C=O) groups excluding carboxylic acids is 3. The van der Waals surface area contributed by atoms with Crippen LogP contribution in [0.5, 0.6) is 5.75 Å². The summed E-state index contributed by atoms with van der Waals surface area (Å²) >= 11 is 0. The van der Waals surface area contributed by atoms with E-state index in [-0.39, 0.29) is 24.0 Å². The fraction of sp³-hybridized carbons (Fsp3) is 0.400. The molecule has 1 aromatic carbocycles. The molecule has 0 saturated heterocycles. The van der Waals surface area contributed by atoms with Gasteiger partial charge in [0, 0.05) is 6.04 Å². The van der Waals surface area contributed by atoms with E-state index in [1.165, 1.54) is 13.2 Å². The van der Waals surface area contributed by atoms with Crippen LogP contribution in [0.3, 0.4) is 0 Å². The molecule has 1 atom stereocenters. The zero-order valence-corrected chi connectivity index (χ0v) is 12.8. The van der Waals surface area contributed by atoms with Gasteiger partial charge in [-0.15, -0.1) is 0 Å². The summed E-state index contributed by atoms with van der Waals surface area (Å²) in [7, 11) is 1.26. The second-order valence-corrected chi connectivity index (χ2v) is 4.61. The van der Waals surface area contributed by atoms with E-state index < -0.39 is 17.9 Å². The molecule has 1 aromatic rings. The lowest BCUT2D eigenvalue weighted by Crippen LogP contribution is -2.44. The SMILES string of the molecule is CC[C@@H](C)NC(=O)NC(=O)COc1ccccc1C(=O)OC. The van der Waals surface area contributed by atoms with Crippen molar-refractivity contribution in [3.8, 4) is 5.75 Å². The minimum Gasteiger partial charge on any atom is -0.483 e. The van der Waals surface area contributed by atoms with Gasteiger partial charge in [0.2, 0.25) is 0 Å². The summed E-state index contributed by atoms with van der Waals surface area (Å²) in [5.41, 5.74) is 0.210. The molecule has 0 saturated carbocycles. The lowest BCUT2D eigenvalue weighted by atomic mass is 10.2. The Bertz CT molecular complexity index is 544. The molecular weight excluding hydrogens is 288 g/mol. The first-order chi connectivity index (χ1) is 10.5. The van der Waals surface area contributed by atoms with Crippen molar-refractivity contribution in [2.75, 3.05) is 13.7 Å². The van der Waals surface area contributed by atoms with Crippen LogP contribution in [0.1, 0.15) is 30.6 Å². The molecule has 2 N–H and O–H groups in total. The highest BCUT2D eigenvalue weighted by atomic mass is 16.5. The van der Waals surface area contributed by atoms with Gasteiger partial charge in [-0.25, -0.2) is 9.59 Å². The molecule has 0 aliphatic rings. The molecule has 0 fully saturated rings. The van der Waals surface area contributed by atoms with Crippen LogP contribution in [0.2, 0.25) is 0 Å². The zero-order chi connectivity index (χ0) is 16.5.